The van der Waals surface area contributed by atoms with E-state index in [2.05, 4.69) is 20.4 Å². The third-order valence-corrected chi connectivity index (χ3v) is 3.70. The molecule has 0 aliphatic rings. The van der Waals surface area contributed by atoms with Crippen LogP contribution in [-0.4, -0.2) is 41.9 Å². The number of rotatable bonds is 5. The number of aliphatic hydroxyl groups is 1. The van der Waals surface area contributed by atoms with Crippen LogP contribution in [0.15, 0.2) is 49.4 Å². The molecule has 1 atom stereocenters. The summed E-state index contributed by atoms with van der Waals surface area (Å²) in [6.07, 6.45) is 9.85. The molecule has 0 spiro atoms. The van der Waals surface area contributed by atoms with Crippen LogP contribution in [0.1, 0.15) is 22.8 Å². The highest BCUT2D eigenvalue weighted by atomic mass is 16.3. The van der Waals surface area contributed by atoms with Crippen molar-refractivity contribution >= 4 is 5.91 Å². The summed E-state index contributed by atoms with van der Waals surface area (Å²) in [5, 5.41) is 17.3. The van der Waals surface area contributed by atoms with E-state index in [-0.39, 0.29) is 12.5 Å². The van der Waals surface area contributed by atoms with Gasteiger partial charge in [-0.3, -0.25) is 14.0 Å². The number of nitrogens with zero attached hydrogens (tertiary/aromatic N) is 5. The molecule has 0 aliphatic heterocycles. The van der Waals surface area contributed by atoms with Gasteiger partial charge in [0, 0.05) is 43.0 Å². The molecular weight excluding hydrogens is 308 g/mol. The molecule has 2 N–H and O–H groups in total. The number of carbonyl (C=O) groups excluding carboxylic acids is 1. The number of aromatic nitrogens is 5. The molecule has 0 bridgehead atoms. The van der Waals surface area contributed by atoms with Crippen LogP contribution in [0.5, 0.6) is 0 Å². The fraction of sp³-hybridized carbons (Fsp3) is 0.250. The van der Waals surface area contributed by atoms with Gasteiger partial charge in [0.25, 0.3) is 5.91 Å². The molecule has 3 aromatic rings. The molecule has 124 valence electrons. The molecule has 1 unspecified atom stereocenters. The number of nitrogens with one attached hydrogen (secondary N) is 1. The van der Waals surface area contributed by atoms with E-state index in [0.29, 0.717) is 16.9 Å². The highest BCUT2D eigenvalue weighted by Gasteiger charge is 2.25. The summed E-state index contributed by atoms with van der Waals surface area (Å²) in [6, 6.07) is 3.28. The standard InChI is InChI=1S/C16H18N6O2/c1-16(24,13-8-20-21(2)9-13)10-19-15(23)12-3-4-18-14(7-12)22-6-5-17-11-22/h3-9,11,24H,10H2,1-2H3,(H,19,23). The molecular formula is C16H18N6O2. The lowest BCUT2D eigenvalue weighted by Gasteiger charge is -2.22. The SMILES string of the molecule is Cn1cc(C(C)(O)CNC(=O)c2ccnc(-n3ccnc3)c2)cn1. The van der Waals surface area contributed by atoms with Crippen LogP contribution >= 0.6 is 0 Å². The van der Waals surface area contributed by atoms with E-state index in [1.54, 1.807) is 72.7 Å². The Morgan fingerprint density at radius 1 is 1.42 bits per heavy atom. The molecule has 8 heteroatoms. The Labute approximate surface area is 138 Å². The number of amides is 1. The smallest absolute Gasteiger partial charge is 0.251 e. The van der Waals surface area contributed by atoms with Gasteiger partial charge in [0.05, 0.1) is 12.7 Å². The zero-order valence-corrected chi connectivity index (χ0v) is 13.4. The molecule has 3 rings (SSSR count). The van der Waals surface area contributed by atoms with Crippen LogP contribution in [0, 0.1) is 0 Å². The Morgan fingerprint density at radius 2 is 2.25 bits per heavy atom. The number of hydrogen-bond donors (Lipinski definition) is 2. The van der Waals surface area contributed by atoms with Crippen LogP contribution in [-0.2, 0) is 12.6 Å². The number of pyridine rings is 1. The van der Waals surface area contributed by atoms with Crippen molar-refractivity contribution in [3.63, 3.8) is 0 Å². The summed E-state index contributed by atoms with van der Waals surface area (Å²) < 4.78 is 3.31. The van der Waals surface area contributed by atoms with E-state index in [4.69, 9.17) is 0 Å². The summed E-state index contributed by atoms with van der Waals surface area (Å²) in [4.78, 5) is 20.5. The van der Waals surface area contributed by atoms with E-state index in [1.165, 1.54) is 0 Å². The number of imidazole rings is 1. The minimum atomic E-state index is -1.20. The molecule has 8 nitrogen and oxygen atoms in total. The minimum Gasteiger partial charge on any atom is -0.383 e. The first-order chi connectivity index (χ1) is 11.5. The van der Waals surface area contributed by atoms with Crippen molar-refractivity contribution in [2.45, 2.75) is 12.5 Å². The summed E-state index contributed by atoms with van der Waals surface area (Å²) in [5.74, 6) is 0.308. The van der Waals surface area contributed by atoms with Crippen molar-refractivity contribution in [2.24, 2.45) is 7.05 Å². The summed E-state index contributed by atoms with van der Waals surface area (Å²) in [7, 11) is 1.77. The molecule has 0 fully saturated rings. The topological polar surface area (TPSA) is 97.9 Å². The van der Waals surface area contributed by atoms with E-state index >= 15 is 0 Å². The van der Waals surface area contributed by atoms with Crippen LogP contribution in [0.2, 0.25) is 0 Å². The number of carbonyl (C=O) groups is 1. The van der Waals surface area contributed by atoms with Crippen molar-refractivity contribution in [1.29, 1.82) is 0 Å². The first-order valence-corrected chi connectivity index (χ1v) is 7.40. The molecule has 24 heavy (non-hydrogen) atoms. The molecule has 0 radical (unpaired) electrons. The quantitative estimate of drug-likeness (QED) is 0.717. The van der Waals surface area contributed by atoms with Crippen LogP contribution < -0.4 is 5.32 Å². The van der Waals surface area contributed by atoms with Gasteiger partial charge in [-0.2, -0.15) is 5.10 Å². The van der Waals surface area contributed by atoms with Crippen LogP contribution in [0.3, 0.4) is 0 Å². The average Bonchev–Trinajstić information content (AvgIpc) is 3.24. The largest absolute Gasteiger partial charge is 0.383 e. The Kier molecular flexibility index (Phi) is 4.13. The van der Waals surface area contributed by atoms with E-state index < -0.39 is 5.60 Å². The van der Waals surface area contributed by atoms with Gasteiger partial charge in [0.15, 0.2) is 0 Å². The monoisotopic (exact) mass is 326 g/mol. The first-order valence-electron chi connectivity index (χ1n) is 7.40. The summed E-state index contributed by atoms with van der Waals surface area (Å²) in [5.41, 5.74) is -0.112. The Hall–Kier alpha value is -3.00. The van der Waals surface area contributed by atoms with Gasteiger partial charge in [-0.05, 0) is 19.1 Å². The Bertz CT molecular complexity index is 838. The predicted molar refractivity (Wildman–Crippen MR) is 86.5 cm³/mol. The lowest BCUT2D eigenvalue weighted by atomic mass is 9.99. The van der Waals surface area contributed by atoms with Gasteiger partial charge in [0.2, 0.25) is 0 Å². The number of hydrogen-bond acceptors (Lipinski definition) is 5. The third kappa shape index (κ3) is 3.33. The lowest BCUT2D eigenvalue weighted by molar-refractivity contribution is 0.0526. The van der Waals surface area contributed by atoms with Gasteiger partial charge in [0.1, 0.15) is 17.7 Å². The first kappa shape index (κ1) is 15.9. The van der Waals surface area contributed by atoms with E-state index in [1.807, 2.05) is 0 Å². The van der Waals surface area contributed by atoms with Crippen molar-refractivity contribution in [1.82, 2.24) is 29.6 Å². The Morgan fingerprint density at radius 3 is 2.92 bits per heavy atom. The zero-order chi connectivity index (χ0) is 17.2. The molecule has 3 heterocycles. The molecule has 0 aliphatic carbocycles. The highest BCUT2D eigenvalue weighted by Crippen LogP contribution is 2.18. The van der Waals surface area contributed by atoms with Crippen molar-refractivity contribution < 1.29 is 9.90 Å². The molecule has 3 aromatic heterocycles. The van der Waals surface area contributed by atoms with E-state index in [9.17, 15) is 9.90 Å². The maximum absolute atomic E-state index is 12.4. The second-order valence-electron chi connectivity index (χ2n) is 5.73. The van der Waals surface area contributed by atoms with Crippen LogP contribution in [0.25, 0.3) is 5.82 Å². The molecule has 0 saturated carbocycles. The van der Waals surface area contributed by atoms with Crippen molar-refractivity contribution in [3.8, 4) is 5.82 Å². The molecule has 1 amide bonds. The highest BCUT2D eigenvalue weighted by molar-refractivity contribution is 5.94. The maximum atomic E-state index is 12.4. The molecule has 0 aromatic carbocycles. The van der Waals surface area contributed by atoms with Gasteiger partial charge in [-0.1, -0.05) is 0 Å². The minimum absolute atomic E-state index is 0.0697. The normalized spacial score (nSPS) is 13.5. The van der Waals surface area contributed by atoms with Gasteiger partial charge in [-0.25, -0.2) is 9.97 Å². The summed E-state index contributed by atoms with van der Waals surface area (Å²) in [6.45, 7) is 1.70. The van der Waals surface area contributed by atoms with Gasteiger partial charge in [-0.15, -0.1) is 0 Å². The van der Waals surface area contributed by atoms with Gasteiger partial charge < -0.3 is 10.4 Å². The Balaban J connectivity index is 1.70. The zero-order valence-electron chi connectivity index (χ0n) is 13.4. The second-order valence-corrected chi connectivity index (χ2v) is 5.73. The maximum Gasteiger partial charge on any atom is 0.251 e. The lowest BCUT2D eigenvalue weighted by Crippen LogP contribution is -2.38. The van der Waals surface area contributed by atoms with Crippen LogP contribution in [0.4, 0.5) is 0 Å². The fourth-order valence-electron chi connectivity index (χ4n) is 2.25. The van der Waals surface area contributed by atoms with Crippen molar-refractivity contribution in [3.05, 3.63) is 60.6 Å². The average molecular weight is 326 g/mol. The summed E-state index contributed by atoms with van der Waals surface area (Å²) >= 11 is 0. The van der Waals surface area contributed by atoms with Crippen molar-refractivity contribution in [2.75, 3.05) is 6.54 Å². The predicted octanol–water partition coefficient (Wildman–Crippen LogP) is 0.638. The fourth-order valence-corrected chi connectivity index (χ4v) is 2.25. The van der Waals surface area contributed by atoms with E-state index in [0.717, 1.165) is 0 Å². The molecule has 0 saturated heterocycles. The number of aryl methyl sites for hydroxylation is 1. The third-order valence-electron chi connectivity index (χ3n) is 3.70. The van der Waals surface area contributed by atoms with Gasteiger partial charge >= 0.3 is 0 Å². The second kappa shape index (κ2) is 6.25.